The SMILES string of the molecule is CCOC(=O)c1csc([C@@H](C[C@H](C(C)C)N(C)C(=O)OC(C)(C)C)OC(C)=O)n1. The zero-order chi connectivity index (χ0) is 22.4. The van der Waals surface area contributed by atoms with Gasteiger partial charge in [0.15, 0.2) is 11.8 Å². The Hall–Kier alpha value is -2.16. The lowest BCUT2D eigenvalue weighted by atomic mass is 9.96. The van der Waals surface area contributed by atoms with E-state index in [-0.39, 0.29) is 24.3 Å². The number of hydrogen-bond acceptors (Lipinski definition) is 8. The first-order valence-electron chi connectivity index (χ1n) is 9.61. The second-order valence-electron chi connectivity index (χ2n) is 8.03. The smallest absolute Gasteiger partial charge is 0.410 e. The molecule has 0 spiro atoms. The molecule has 0 aliphatic carbocycles. The van der Waals surface area contributed by atoms with Gasteiger partial charge in [-0.25, -0.2) is 14.6 Å². The highest BCUT2D eigenvalue weighted by atomic mass is 32.1. The summed E-state index contributed by atoms with van der Waals surface area (Å²) in [7, 11) is 1.66. The molecule has 2 atom stereocenters. The van der Waals surface area contributed by atoms with E-state index in [0.717, 1.165) is 0 Å². The topological polar surface area (TPSA) is 95.0 Å². The first kappa shape index (κ1) is 24.9. The second kappa shape index (κ2) is 10.6. The lowest BCUT2D eigenvalue weighted by Crippen LogP contribution is -2.44. The van der Waals surface area contributed by atoms with Crippen molar-refractivity contribution in [2.24, 2.45) is 5.92 Å². The molecule has 0 aliphatic heterocycles. The third-order valence-corrected chi connectivity index (χ3v) is 4.93. The van der Waals surface area contributed by atoms with Crippen molar-refractivity contribution >= 4 is 29.4 Å². The van der Waals surface area contributed by atoms with Gasteiger partial charge < -0.3 is 19.1 Å². The Morgan fingerprint density at radius 2 is 1.86 bits per heavy atom. The molecule has 0 saturated carbocycles. The first-order chi connectivity index (χ1) is 13.4. The summed E-state index contributed by atoms with van der Waals surface area (Å²) in [4.78, 5) is 41.9. The number of carbonyl (C=O) groups excluding carboxylic acids is 3. The largest absolute Gasteiger partial charge is 0.461 e. The van der Waals surface area contributed by atoms with Crippen LogP contribution in [0.3, 0.4) is 0 Å². The van der Waals surface area contributed by atoms with E-state index >= 15 is 0 Å². The van der Waals surface area contributed by atoms with Gasteiger partial charge in [-0.3, -0.25) is 4.79 Å². The molecule has 0 unspecified atom stereocenters. The lowest BCUT2D eigenvalue weighted by molar-refractivity contribution is -0.147. The van der Waals surface area contributed by atoms with Crippen molar-refractivity contribution in [2.75, 3.05) is 13.7 Å². The molecule has 0 fully saturated rings. The lowest BCUT2D eigenvalue weighted by Gasteiger charge is -2.34. The van der Waals surface area contributed by atoms with E-state index in [0.29, 0.717) is 11.4 Å². The fraction of sp³-hybridized carbons (Fsp3) is 0.700. The van der Waals surface area contributed by atoms with E-state index in [9.17, 15) is 14.4 Å². The van der Waals surface area contributed by atoms with Gasteiger partial charge in [-0.15, -0.1) is 11.3 Å². The van der Waals surface area contributed by atoms with Gasteiger partial charge in [0, 0.05) is 31.8 Å². The minimum absolute atomic E-state index is 0.0649. The monoisotopic (exact) mass is 428 g/mol. The number of aromatic nitrogens is 1. The van der Waals surface area contributed by atoms with Crippen molar-refractivity contribution in [3.05, 3.63) is 16.1 Å². The molecule has 8 nitrogen and oxygen atoms in total. The van der Waals surface area contributed by atoms with E-state index in [2.05, 4.69) is 4.98 Å². The van der Waals surface area contributed by atoms with Crippen molar-refractivity contribution < 1.29 is 28.6 Å². The number of ether oxygens (including phenoxy) is 3. The van der Waals surface area contributed by atoms with Gasteiger partial charge in [0.25, 0.3) is 0 Å². The molecular formula is C20H32N2O6S. The summed E-state index contributed by atoms with van der Waals surface area (Å²) < 4.78 is 15.9. The van der Waals surface area contributed by atoms with Crippen molar-refractivity contribution in [2.45, 2.75) is 72.6 Å². The van der Waals surface area contributed by atoms with Crippen LogP contribution in [0.4, 0.5) is 4.79 Å². The minimum atomic E-state index is -0.696. The fourth-order valence-electron chi connectivity index (χ4n) is 2.70. The molecule has 0 bridgehead atoms. The first-order valence-corrected chi connectivity index (χ1v) is 10.5. The van der Waals surface area contributed by atoms with E-state index in [1.54, 1.807) is 40.1 Å². The molecule has 1 aromatic heterocycles. The highest BCUT2D eigenvalue weighted by Gasteiger charge is 2.32. The van der Waals surface area contributed by atoms with Crippen LogP contribution >= 0.6 is 11.3 Å². The third kappa shape index (κ3) is 8.00. The summed E-state index contributed by atoms with van der Waals surface area (Å²) >= 11 is 1.21. The van der Waals surface area contributed by atoms with E-state index < -0.39 is 29.7 Å². The standard InChI is InChI=1S/C20H32N2O6S/c1-9-26-18(24)14-11-29-17(21-14)16(27-13(4)23)10-15(12(2)3)22(8)19(25)28-20(5,6)7/h11-12,15-16H,9-10H2,1-8H3/t15-,16-/m1/s1. The molecule has 0 radical (unpaired) electrons. The van der Waals surface area contributed by atoms with Gasteiger partial charge >= 0.3 is 18.0 Å². The molecule has 1 heterocycles. The second-order valence-corrected chi connectivity index (χ2v) is 8.92. The number of thiazole rings is 1. The maximum Gasteiger partial charge on any atom is 0.410 e. The molecule has 0 N–H and O–H groups in total. The molecule has 1 rings (SSSR count). The van der Waals surface area contributed by atoms with Gasteiger partial charge in [-0.2, -0.15) is 0 Å². The summed E-state index contributed by atoms with van der Waals surface area (Å²) in [6.45, 7) is 12.6. The van der Waals surface area contributed by atoms with Crippen LogP contribution in [-0.4, -0.2) is 53.2 Å². The molecular weight excluding hydrogens is 396 g/mol. The Kier molecular flexibility index (Phi) is 9.07. The van der Waals surface area contributed by atoms with Crippen molar-refractivity contribution in [3.8, 4) is 0 Å². The van der Waals surface area contributed by atoms with E-state index in [1.807, 2.05) is 13.8 Å². The number of carbonyl (C=O) groups is 3. The highest BCUT2D eigenvalue weighted by Crippen LogP contribution is 2.30. The van der Waals surface area contributed by atoms with Crippen molar-refractivity contribution in [3.63, 3.8) is 0 Å². The number of rotatable bonds is 8. The van der Waals surface area contributed by atoms with Crippen molar-refractivity contribution in [1.82, 2.24) is 9.88 Å². The Labute approximate surface area is 176 Å². The summed E-state index contributed by atoms with van der Waals surface area (Å²) in [6.07, 6.45) is -0.829. The van der Waals surface area contributed by atoms with Crippen LogP contribution in [0, 0.1) is 5.92 Å². The number of amides is 1. The number of hydrogen-bond donors (Lipinski definition) is 0. The van der Waals surface area contributed by atoms with Crippen LogP contribution in [-0.2, 0) is 19.0 Å². The molecule has 1 amide bonds. The Balaban J connectivity index is 3.08. The van der Waals surface area contributed by atoms with Gasteiger partial charge in [-0.1, -0.05) is 13.8 Å². The predicted octanol–water partition coefficient (Wildman–Crippen LogP) is 4.21. The van der Waals surface area contributed by atoms with Crippen LogP contribution in [0.15, 0.2) is 5.38 Å². The summed E-state index contributed by atoms with van der Waals surface area (Å²) in [5.74, 6) is -0.928. The summed E-state index contributed by atoms with van der Waals surface area (Å²) in [6, 6.07) is -0.274. The zero-order valence-corrected chi connectivity index (χ0v) is 19.3. The van der Waals surface area contributed by atoms with Crippen LogP contribution in [0.5, 0.6) is 0 Å². The molecule has 0 saturated heterocycles. The van der Waals surface area contributed by atoms with Gasteiger partial charge in [-0.05, 0) is 33.6 Å². The third-order valence-electron chi connectivity index (χ3n) is 3.99. The molecule has 9 heteroatoms. The molecule has 0 aliphatic rings. The fourth-order valence-corrected chi connectivity index (χ4v) is 3.53. The van der Waals surface area contributed by atoms with Gasteiger partial charge in [0.05, 0.1) is 6.61 Å². The molecule has 29 heavy (non-hydrogen) atoms. The van der Waals surface area contributed by atoms with Gasteiger partial charge in [0.1, 0.15) is 10.6 Å². The normalized spacial score (nSPS) is 13.6. The predicted molar refractivity (Wildman–Crippen MR) is 110 cm³/mol. The summed E-state index contributed by atoms with van der Waals surface area (Å²) in [5.41, 5.74) is -0.447. The van der Waals surface area contributed by atoms with E-state index in [4.69, 9.17) is 14.2 Å². The highest BCUT2D eigenvalue weighted by molar-refractivity contribution is 7.09. The van der Waals surface area contributed by atoms with Crippen LogP contribution in [0.1, 0.15) is 76.5 Å². The zero-order valence-electron chi connectivity index (χ0n) is 18.5. The number of nitrogens with zero attached hydrogens (tertiary/aromatic N) is 2. The Morgan fingerprint density at radius 1 is 1.24 bits per heavy atom. The van der Waals surface area contributed by atoms with Crippen LogP contribution < -0.4 is 0 Å². The molecule has 164 valence electrons. The average molecular weight is 429 g/mol. The quantitative estimate of drug-likeness (QED) is 0.452. The van der Waals surface area contributed by atoms with Gasteiger partial charge in [0.2, 0.25) is 0 Å². The van der Waals surface area contributed by atoms with Crippen LogP contribution in [0.25, 0.3) is 0 Å². The van der Waals surface area contributed by atoms with Crippen LogP contribution in [0.2, 0.25) is 0 Å². The maximum atomic E-state index is 12.5. The molecule has 0 aromatic carbocycles. The minimum Gasteiger partial charge on any atom is -0.461 e. The average Bonchev–Trinajstić information content (AvgIpc) is 3.06. The Morgan fingerprint density at radius 3 is 2.34 bits per heavy atom. The summed E-state index contributed by atoms with van der Waals surface area (Å²) in [5, 5.41) is 2.05. The molecule has 1 aromatic rings. The van der Waals surface area contributed by atoms with Crippen molar-refractivity contribution in [1.29, 1.82) is 0 Å². The maximum absolute atomic E-state index is 12.5. The van der Waals surface area contributed by atoms with E-state index in [1.165, 1.54) is 23.2 Å². The Bertz CT molecular complexity index is 710. The number of esters is 2.